The third-order valence-electron chi connectivity index (χ3n) is 8.97. The van der Waals surface area contributed by atoms with Gasteiger partial charge in [0, 0.05) is 13.1 Å². The van der Waals surface area contributed by atoms with Gasteiger partial charge in [0.25, 0.3) is 0 Å². The molecule has 2 aliphatic rings. The third kappa shape index (κ3) is 9.10. The number of hydrogen-bond acceptors (Lipinski definition) is 3. The minimum Gasteiger partial charge on any atom is -0.378 e. The largest absolute Gasteiger partial charge is 0.378 e. The van der Waals surface area contributed by atoms with Crippen molar-refractivity contribution in [2.75, 3.05) is 26.3 Å². The average Bonchev–Trinajstić information content (AvgIpc) is 2.86. The van der Waals surface area contributed by atoms with Crippen LogP contribution in [0, 0.1) is 16.7 Å². The fourth-order valence-corrected chi connectivity index (χ4v) is 5.89. The van der Waals surface area contributed by atoms with Gasteiger partial charge in [-0.1, -0.05) is 78.8 Å². The van der Waals surface area contributed by atoms with Crippen molar-refractivity contribution in [2.45, 2.75) is 118 Å². The van der Waals surface area contributed by atoms with Crippen LogP contribution in [0.25, 0.3) is 0 Å². The fraction of sp³-hybridized carbons (Fsp3) is 0.758. The zero-order chi connectivity index (χ0) is 28.6. The number of rotatable bonds is 12. The van der Waals surface area contributed by atoms with E-state index in [0.717, 1.165) is 101 Å². The Kier molecular flexibility index (Phi) is 11.9. The average molecular weight is 528 g/mol. The van der Waals surface area contributed by atoms with Crippen molar-refractivity contribution in [3.8, 4) is 0 Å². The van der Waals surface area contributed by atoms with E-state index in [-0.39, 0.29) is 11.5 Å². The standard InChI is InChI=1S/C33H57N3O2/c1-11-32(9,10)29-15-19-33(20-16-29,34-28(5)35-21-23-38-24-22-35)36(25-37)30(17-18-31(6,7)8)27(4)14-12-13-26(2)3/h12,14,25,29-30H,2,4,11,13,15-24H2,1,3,5-10H3/b14-12?,34-28+. The quantitative estimate of drug-likeness (QED) is 0.0855. The molecule has 1 unspecified atom stereocenters. The highest BCUT2D eigenvalue weighted by Crippen LogP contribution is 2.47. The summed E-state index contributed by atoms with van der Waals surface area (Å²) < 4.78 is 5.60. The predicted molar refractivity (Wildman–Crippen MR) is 162 cm³/mol. The number of hydrogen-bond donors (Lipinski definition) is 0. The first-order valence-electron chi connectivity index (χ1n) is 14.9. The normalized spacial score (nSPS) is 24.4. The monoisotopic (exact) mass is 527 g/mol. The predicted octanol–water partition coefficient (Wildman–Crippen LogP) is 7.79. The zero-order valence-electron chi connectivity index (χ0n) is 25.9. The molecule has 38 heavy (non-hydrogen) atoms. The summed E-state index contributed by atoms with van der Waals surface area (Å²) in [6.07, 6.45) is 13.1. The van der Waals surface area contributed by atoms with Crippen LogP contribution < -0.4 is 0 Å². The lowest BCUT2D eigenvalue weighted by Gasteiger charge is -2.50. The lowest BCUT2D eigenvalue weighted by Crippen LogP contribution is -2.56. The second kappa shape index (κ2) is 14.0. The fourth-order valence-electron chi connectivity index (χ4n) is 5.89. The summed E-state index contributed by atoms with van der Waals surface area (Å²) in [5.74, 6) is 1.66. The van der Waals surface area contributed by atoms with Gasteiger partial charge in [0.2, 0.25) is 6.41 Å². The summed E-state index contributed by atoms with van der Waals surface area (Å²) in [4.78, 5) is 22.9. The molecule has 216 valence electrons. The highest BCUT2D eigenvalue weighted by atomic mass is 16.5. The number of allylic oxidation sites excluding steroid dienone is 2. The molecule has 1 amide bonds. The molecule has 2 fully saturated rings. The molecule has 5 nitrogen and oxygen atoms in total. The number of carbonyl (C=O) groups is 1. The Hall–Kier alpha value is -1.88. The van der Waals surface area contributed by atoms with Crippen LogP contribution in [0.3, 0.4) is 0 Å². The van der Waals surface area contributed by atoms with E-state index < -0.39 is 5.66 Å². The Morgan fingerprint density at radius 3 is 2.24 bits per heavy atom. The van der Waals surface area contributed by atoms with Gasteiger partial charge in [-0.25, -0.2) is 4.99 Å². The molecule has 1 aliphatic heterocycles. The van der Waals surface area contributed by atoms with E-state index in [1.165, 1.54) is 0 Å². The van der Waals surface area contributed by atoms with Crippen molar-refractivity contribution in [3.63, 3.8) is 0 Å². The molecule has 0 radical (unpaired) electrons. The van der Waals surface area contributed by atoms with E-state index >= 15 is 0 Å². The van der Waals surface area contributed by atoms with Gasteiger partial charge in [-0.05, 0) is 81.1 Å². The number of ether oxygens (including phenoxy) is 1. The second-order valence-corrected chi connectivity index (χ2v) is 13.6. The second-order valence-electron chi connectivity index (χ2n) is 13.6. The summed E-state index contributed by atoms with van der Waals surface area (Å²) in [6.45, 7) is 29.7. The van der Waals surface area contributed by atoms with E-state index in [1.54, 1.807) is 0 Å². The number of carbonyl (C=O) groups excluding carboxylic acids is 1. The third-order valence-corrected chi connectivity index (χ3v) is 8.97. The van der Waals surface area contributed by atoms with Crippen molar-refractivity contribution in [2.24, 2.45) is 21.7 Å². The first-order chi connectivity index (χ1) is 17.7. The van der Waals surface area contributed by atoms with Crippen molar-refractivity contribution in [1.82, 2.24) is 9.80 Å². The van der Waals surface area contributed by atoms with Crippen LogP contribution in [0.2, 0.25) is 0 Å². The van der Waals surface area contributed by atoms with Gasteiger partial charge in [-0.15, -0.1) is 0 Å². The number of morpholine rings is 1. The van der Waals surface area contributed by atoms with Gasteiger partial charge in [0.05, 0.1) is 25.1 Å². The van der Waals surface area contributed by atoms with Gasteiger partial charge < -0.3 is 14.5 Å². The smallest absolute Gasteiger partial charge is 0.212 e. The molecule has 1 aliphatic carbocycles. The van der Waals surface area contributed by atoms with Crippen LogP contribution in [-0.4, -0.2) is 60.1 Å². The minimum absolute atomic E-state index is 0.0925. The molecule has 0 aromatic carbocycles. The molecule has 1 heterocycles. The Morgan fingerprint density at radius 1 is 1.13 bits per heavy atom. The van der Waals surface area contributed by atoms with E-state index in [9.17, 15) is 4.79 Å². The topological polar surface area (TPSA) is 45.1 Å². The molecule has 5 heteroatoms. The molecule has 2 rings (SSSR count). The molecule has 0 aromatic heterocycles. The van der Waals surface area contributed by atoms with E-state index in [1.807, 2.05) is 6.92 Å². The van der Waals surface area contributed by atoms with Crippen LogP contribution in [0.15, 0.2) is 41.4 Å². The molecule has 1 saturated carbocycles. The molecule has 1 atom stereocenters. The molecular formula is C33H57N3O2. The first-order valence-corrected chi connectivity index (χ1v) is 14.9. The molecular weight excluding hydrogens is 470 g/mol. The van der Waals surface area contributed by atoms with Crippen LogP contribution >= 0.6 is 0 Å². The molecule has 0 aromatic rings. The van der Waals surface area contributed by atoms with E-state index in [4.69, 9.17) is 9.73 Å². The number of nitrogens with zero attached hydrogens (tertiary/aromatic N) is 3. The van der Waals surface area contributed by atoms with Gasteiger partial charge in [-0.2, -0.15) is 0 Å². The van der Waals surface area contributed by atoms with Crippen molar-refractivity contribution >= 4 is 12.2 Å². The van der Waals surface area contributed by atoms with Gasteiger partial charge in [-0.3, -0.25) is 4.79 Å². The Labute approximate surface area is 234 Å². The number of aliphatic imine (C=N–C) groups is 1. The Balaban J connectivity index is 2.50. The van der Waals surface area contributed by atoms with E-state index in [2.05, 4.69) is 83.6 Å². The van der Waals surface area contributed by atoms with Crippen LogP contribution in [-0.2, 0) is 9.53 Å². The van der Waals surface area contributed by atoms with Crippen molar-refractivity contribution in [1.29, 1.82) is 0 Å². The van der Waals surface area contributed by atoms with Crippen LogP contribution in [0.1, 0.15) is 107 Å². The summed E-state index contributed by atoms with van der Waals surface area (Å²) >= 11 is 0. The first kappa shape index (κ1) is 32.3. The summed E-state index contributed by atoms with van der Waals surface area (Å²) in [7, 11) is 0. The Morgan fingerprint density at radius 2 is 1.74 bits per heavy atom. The Bertz CT molecular complexity index is 850. The minimum atomic E-state index is -0.557. The lowest BCUT2D eigenvalue weighted by atomic mass is 9.67. The van der Waals surface area contributed by atoms with Crippen LogP contribution in [0.5, 0.6) is 0 Å². The van der Waals surface area contributed by atoms with Gasteiger partial charge >= 0.3 is 0 Å². The van der Waals surface area contributed by atoms with E-state index in [0.29, 0.717) is 11.3 Å². The molecule has 1 saturated heterocycles. The number of amidine groups is 1. The number of amides is 1. The SMILES string of the molecule is C=C(C)CC=CC(=C)C(CCC(C)(C)C)N(C=O)C1(/N=C(\C)N2CCOCC2)CCC(C(C)(C)CC)CC1. The maximum atomic E-state index is 13.1. The molecule has 0 N–H and O–H groups in total. The van der Waals surface area contributed by atoms with Gasteiger partial charge in [0.15, 0.2) is 0 Å². The zero-order valence-corrected chi connectivity index (χ0v) is 25.9. The highest BCUT2D eigenvalue weighted by molar-refractivity contribution is 5.80. The lowest BCUT2D eigenvalue weighted by molar-refractivity contribution is -0.129. The van der Waals surface area contributed by atoms with Crippen molar-refractivity contribution in [3.05, 3.63) is 36.5 Å². The summed E-state index contributed by atoms with van der Waals surface area (Å²) in [5, 5.41) is 0. The molecule has 0 bridgehead atoms. The summed E-state index contributed by atoms with van der Waals surface area (Å²) in [5.41, 5.74) is 2.00. The maximum absolute atomic E-state index is 13.1. The summed E-state index contributed by atoms with van der Waals surface area (Å²) in [6, 6.07) is -0.0925. The van der Waals surface area contributed by atoms with Crippen molar-refractivity contribution < 1.29 is 9.53 Å². The molecule has 0 spiro atoms. The highest BCUT2D eigenvalue weighted by Gasteiger charge is 2.46. The van der Waals surface area contributed by atoms with Gasteiger partial charge in [0.1, 0.15) is 5.66 Å². The van der Waals surface area contributed by atoms with Crippen LogP contribution in [0.4, 0.5) is 0 Å². The maximum Gasteiger partial charge on any atom is 0.212 e.